The number of hydrogen-bond donors (Lipinski definition) is 1. The van der Waals surface area contributed by atoms with Gasteiger partial charge in [-0.25, -0.2) is 18.6 Å². The molecule has 5 atom stereocenters. The summed E-state index contributed by atoms with van der Waals surface area (Å²) in [4.78, 5) is 17.8. The molecule has 2 aliphatic heterocycles. The second-order valence-electron chi connectivity index (χ2n) is 9.96. The lowest BCUT2D eigenvalue weighted by atomic mass is 9.91. The third kappa shape index (κ3) is 4.16. The maximum absolute atomic E-state index is 14.7. The number of aromatic carboxylic acids is 1. The first kappa shape index (κ1) is 22.4. The summed E-state index contributed by atoms with van der Waals surface area (Å²) in [6.45, 7) is 0.267. The average molecular weight is 484 g/mol. The van der Waals surface area contributed by atoms with Crippen molar-refractivity contribution in [3.05, 3.63) is 65.0 Å². The predicted octanol–water partition coefficient (Wildman–Crippen LogP) is 5.21. The second-order valence-corrected chi connectivity index (χ2v) is 9.96. The minimum atomic E-state index is -1.77. The van der Waals surface area contributed by atoms with Gasteiger partial charge in [0.1, 0.15) is 17.4 Å². The summed E-state index contributed by atoms with van der Waals surface area (Å²) in [6, 6.07) is 3.90. The van der Waals surface area contributed by atoms with E-state index in [-0.39, 0.29) is 36.3 Å². The van der Waals surface area contributed by atoms with E-state index < -0.39 is 23.9 Å². The molecule has 2 aliphatic carbocycles. The van der Waals surface area contributed by atoms with Gasteiger partial charge in [-0.2, -0.15) is 0 Å². The topological polar surface area (TPSA) is 88.7 Å². The van der Waals surface area contributed by atoms with Crippen molar-refractivity contribution < 1.29 is 27.9 Å². The molecule has 184 valence electrons. The summed E-state index contributed by atoms with van der Waals surface area (Å²) < 4.78 is 40.6. The molecule has 2 saturated heterocycles. The number of pyridine rings is 1. The number of hydrogen-bond acceptors (Lipinski definition) is 6. The molecule has 6 rings (SSSR count). The van der Waals surface area contributed by atoms with Gasteiger partial charge in [0.2, 0.25) is 0 Å². The van der Waals surface area contributed by atoms with E-state index in [4.69, 9.17) is 14.4 Å². The number of rotatable bonds is 7. The van der Waals surface area contributed by atoms with E-state index in [2.05, 4.69) is 15.0 Å². The highest BCUT2D eigenvalue weighted by Crippen LogP contribution is 2.46. The van der Waals surface area contributed by atoms with Gasteiger partial charge in [-0.3, -0.25) is 0 Å². The minimum absolute atomic E-state index is 0.0246. The van der Waals surface area contributed by atoms with Gasteiger partial charge in [-0.1, -0.05) is 17.3 Å². The van der Waals surface area contributed by atoms with E-state index in [1.807, 2.05) is 0 Å². The Bertz CT molecular complexity index is 1160. The lowest BCUT2D eigenvalue weighted by Crippen LogP contribution is -2.46. The third-order valence-corrected chi connectivity index (χ3v) is 7.68. The number of carboxylic acids is 1. The number of anilines is 1. The van der Waals surface area contributed by atoms with Gasteiger partial charge in [-0.05, 0) is 56.7 Å². The lowest BCUT2D eigenvalue weighted by molar-refractivity contribution is 0.0140. The molecule has 1 N–H and O–H groups in total. The third-order valence-electron chi connectivity index (χ3n) is 7.68. The van der Waals surface area contributed by atoms with Crippen LogP contribution in [0.15, 0.2) is 46.9 Å². The maximum Gasteiger partial charge on any atom is 0.337 e. The van der Waals surface area contributed by atoms with Crippen LogP contribution in [0, 0.1) is 0 Å². The minimum Gasteiger partial charge on any atom is -0.478 e. The van der Waals surface area contributed by atoms with Crippen molar-refractivity contribution in [3.8, 4) is 0 Å². The lowest BCUT2D eigenvalue weighted by Gasteiger charge is -2.39. The van der Waals surface area contributed by atoms with E-state index in [1.165, 1.54) is 12.3 Å². The van der Waals surface area contributed by atoms with Crippen LogP contribution >= 0.6 is 0 Å². The quantitative estimate of drug-likeness (QED) is 0.579. The molecule has 35 heavy (non-hydrogen) atoms. The highest BCUT2D eigenvalue weighted by molar-refractivity contribution is 5.87. The van der Waals surface area contributed by atoms with Crippen molar-refractivity contribution in [3.63, 3.8) is 0 Å². The molecule has 2 aromatic heterocycles. The highest BCUT2D eigenvalue weighted by atomic mass is 19.2. The molecular formula is C26H27F2N3O4. The van der Waals surface area contributed by atoms with Crippen molar-refractivity contribution in [1.29, 1.82) is 0 Å². The van der Waals surface area contributed by atoms with Crippen molar-refractivity contribution in [2.45, 2.75) is 81.3 Å². The molecule has 2 aromatic rings. The Morgan fingerprint density at radius 2 is 1.97 bits per heavy atom. The number of carboxylic acid groups (broad SMARTS) is 1. The second kappa shape index (κ2) is 8.86. The molecule has 0 radical (unpaired) electrons. The average Bonchev–Trinajstić information content (AvgIpc) is 3.56. The van der Waals surface area contributed by atoms with Crippen molar-refractivity contribution >= 4 is 11.8 Å². The van der Waals surface area contributed by atoms with Crippen LogP contribution in [0.1, 0.15) is 77.7 Å². The Balaban J connectivity index is 1.16. The van der Waals surface area contributed by atoms with Crippen LogP contribution in [0.5, 0.6) is 0 Å². The van der Waals surface area contributed by atoms with Crippen molar-refractivity contribution in [2.24, 2.45) is 0 Å². The monoisotopic (exact) mass is 483 g/mol. The van der Waals surface area contributed by atoms with Gasteiger partial charge in [-0.15, -0.1) is 0 Å². The summed E-state index contributed by atoms with van der Waals surface area (Å²) in [5, 5.41) is 13.3. The van der Waals surface area contributed by atoms with Gasteiger partial charge in [0.05, 0.1) is 29.9 Å². The van der Waals surface area contributed by atoms with Gasteiger partial charge in [0.25, 0.3) is 0 Å². The van der Waals surface area contributed by atoms with Gasteiger partial charge in [0.15, 0.2) is 6.17 Å². The normalized spacial score (nSPS) is 29.9. The Labute approximate surface area is 201 Å². The molecule has 2 bridgehead atoms. The Morgan fingerprint density at radius 3 is 2.63 bits per heavy atom. The van der Waals surface area contributed by atoms with E-state index in [0.717, 1.165) is 61.7 Å². The molecule has 0 spiro atoms. The molecule has 1 saturated carbocycles. The van der Waals surface area contributed by atoms with Crippen molar-refractivity contribution in [1.82, 2.24) is 10.1 Å². The number of alkyl halides is 1. The Morgan fingerprint density at radius 1 is 1.20 bits per heavy atom. The number of carbonyl (C=O) groups is 1. The fourth-order valence-corrected chi connectivity index (χ4v) is 5.77. The number of aromatic nitrogens is 2. The molecule has 4 heterocycles. The first-order valence-electron chi connectivity index (χ1n) is 12.2. The molecular weight excluding hydrogens is 456 g/mol. The Kier molecular flexibility index (Phi) is 5.67. The molecule has 7 nitrogen and oxygen atoms in total. The fourth-order valence-electron chi connectivity index (χ4n) is 5.77. The van der Waals surface area contributed by atoms with Crippen LogP contribution < -0.4 is 4.90 Å². The molecule has 0 amide bonds. The highest BCUT2D eigenvalue weighted by Gasteiger charge is 2.43. The largest absolute Gasteiger partial charge is 0.478 e. The number of piperidine rings is 1. The van der Waals surface area contributed by atoms with E-state index in [9.17, 15) is 13.6 Å². The number of ether oxygens (including phenoxy) is 1. The summed E-state index contributed by atoms with van der Waals surface area (Å²) >= 11 is 0. The van der Waals surface area contributed by atoms with Crippen LogP contribution in [0.4, 0.5) is 14.6 Å². The standard InChI is InChI=1S/C26H27F2N3O4/c27-21-3-1-2-19(23(21)28)24-20(25(35-30-24)14-4-5-14)13-34-18-10-16-7-8-17(11-18)31(16)22-9-6-15(12-29-22)26(32)33/h1-3,6,9,12,14,16-19,23H,4-5,7-8,10-11,13H2,(H,32,33)/t16-,17?,18?,19?,23?/m0/s1. The molecule has 0 aromatic carbocycles. The molecule has 4 unspecified atom stereocenters. The fraction of sp³-hybridized carbons (Fsp3) is 0.500. The van der Waals surface area contributed by atoms with Crippen LogP contribution in [0.2, 0.25) is 0 Å². The molecule has 3 fully saturated rings. The van der Waals surface area contributed by atoms with E-state index in [1.54, 1.807) is 18.2 Å². The van der Waals surface area contributed by atoms with Gasteiger partial charge >= 0.3 is 5.97 Å². The summed E-state index contributed by atoms with van der Waals surface area (Å²) in [7, 11) is 0. The number of allylic oxidation sites excluding steroid dienone is 4. The summed E-state index contributed by atoms with van der Waals surface area (Å²) in [6.07, 6.45) is 9.68. The number of nitrogens with zero attached hydrogens (tertiary/aromatic N) is 3. The zero-order valence-corrected chi connectivity index (χ0v) is 19.1. The van der Waals surface area contributed by atoms with Crippen LogP contribution in [0.25, 0.3) is 0 Å². The Hall–Kier alpha value is -3.07. The van der Waals surface area contributed by atoms with Crippen LogP contribution in [0.3, 0.4) is 0 Å². The summed E-state index contributed by atoms with van der Waals surface area (Å²) in [5.41, 5.74) is 1.37. The van der Waals surface area contributed by atoms with Crippen molar-refractivity contribution in [2.75, 3.05) is 4.90 Å². The zero-order valence-electron chi connectivity index (χ0n) is 19.1. The smallest absolute Gasteiger partial charge is 0.337 e. The van der Waals surface area contributed by atoms with Gasteiger partial charge < -0.3 is 19.3 Å². The first-order chi connectivity index (χ1) is 17.0. The SMILES string of the molecule is O=C(O)c1ccc(N2C3CC[C@H]2CC(OCc2c(C4C=CC=C(F)C4F)noc2C2CC2)C3)nc1. The first-order valence-corrected chi connectivity index (χ1v) is 12.2. The number of fused-ring (bicyclic) bond motifs is 2. The van der Waals surface area contributed by atoms with Gasteiger partial charge in [0, 0.05) is 29.8 Å². The van der Waals surface area contributed by atoms with E-state index in [0.29, 0.717) is 5.69 Å². The van der Waals surface area contributed by atoms with Crippen LogP contribution in [-0.4, -0.2) is 45.6 Å². The summed E-state index contributed by atoms with van der Waals surface area (Å²) in [5.74, 6) is -0.773. The predicted molar refractivity (Wildman–Crippen MR) is 123 cm³/mol. The maximum atomic E-state index is 14.7. The zero-order chi connectivity index (χ0) is 24.1. The van der Waals surface area contributed by atoms with E-state index >= 15 is 0 Å². The number of halogens is 2. The molecule has 4 aliphatic rings. The van der Waals surface area contributed by atoms with Crippen LogP contribution in [-0.2, 0) is 11.3 Å². The molecule has 9 heteroatoms.